The fourth-order valence-electron chi connectivity index (χ4n) is 1.80. The molecule has 1 aliphatic rings. The molecule has 3 atom stereocenters. The maximum Gasteiger partial charge on any atom is 0.469 e. The van der Waals surface area contributed by atoms with Crippen molar-refractivity contribution in [1.82, 2.24) is 9.55 Å². The normalized spacial score (nSPS) is 27.6. The molecule has 0 aromatic carbocycles. The minimum Gasteiger partial charge on any atom is -0.390 e. The lowest BCUT2D eigenvalue weighted by Gasteiger charge is -2.16. The Balaban J connectivity index is 2.14. The third kappa shape index (κ3) is 3.63. The minimum atomic E-state index is -4.70. The molecule has 20 heavy (non-hydrogen) atoms. The number of nitrogens with zero attached hydrogens (tertiary/aromatic N) is 1. The van der Waals surface area contributed by atoms with E-state index in [1.807, 2.05) is 4.98 Å². The van der Waals surface area contributed by atoms with E-state index in [4.69, 9.17) is 15.9 Å². The van der Waals surface area contributed by atoms with Crippen LogP contribution in [0.3, 0.4) is 0 Å². The van der Waals surface area contributed by atoms with Gasteiger partial charge in [-0.25, -0.2) is 9.36 Å². The topological polar surface area (TPSA) is 151 Å². The molecule has 2 rings (SSSR count). The van der Waals surface area contributed by atoms with E-state index in [1.54, 1.807) is 0 Å². The van der Waals surface area contributed by atoms with E-state index in [9.17, 15) is 19.3 Å². The number of phosphoric acid groups is 1. The zero-order chi connectivity index (χ0) is 15.8. The molecular formula is C9H13N2O8P. The zero-order valence-electron chi connectivity index (χ0n) is 11.0. The fourth-order valence-corrected chi connectivity index (χ4v) is 2.15. The molecule has 1 aromatic rings. The lowest BCUT2D eigenvalue weighted by molar-refractivity contribution is -0.0450. The van der Waals surface area contributed by atoms with Gasteiger partial charge in [0.2, 0.25) is 0 Å². The second-order valence-electron chi connectivity index (χ2n) is 4.16. The van der Waals surface area contributed by atoms with Gasteiger partial charge in [-0.05, 0) is 0 Å². The third-order valence-corrected chi connectivity index (χ3v) is 3.20. The summed E-state index contributed by atoms with van der Waals surface area (Å²) in [5.74, 6) is 0. The van der Waals surface area contributed by atoms with Gasteiger partial charge >= 0.3 is 13.5 Å². The van der Waals surface area contributed by atoms with Gasteiger partial charge in [0, 0.05) is 18.7 Å². The monoisotopic (exact) mass is 310 g/mol. The van der Waals surface area contributed by atoms with E-state index >= 15 is 0 Å². The maximum atomic E-state index is 11.6. The molecule has 10 nitrogen and oxygen atoms in total. The summed E-state index contributed by atoms with van der Waals surface area (Å²) in [4.78, 5) is 41.8. The van der Waals surface area contributed by atoms with Crippen LogP contribution in [0.5, 0.6) is 0 Å². The number of aliphatic hydroxyl groups is 1. The van der Waals surface area contributed by atoms with Crippen LogP contribution in [0.1, 0.15) is 14.0 Å². The molecule has 1 saturated heterocycles. The van der Waals surface area contributed by atoms with Gasteiger partial charge in [-0.1, -0.05) is 0 Å². The van der Waals surface area contributed by atoms with Crippen molar-refractivity contribution in [1.29, 1.82) is 0 Å². The van der Waals surface area contributed by atoms with Gasteiger partial charge in [0.15, 0.2) is 0 Å². The largest absolute Gasteiger partial charge is 0.469 e. The van der Waals surface area contributed by atoms with Crippen molar-refractivity contribution in [3.8, 4) is 0 Å². The van der Waals surface area contributed by atoms with Crippen LogP contribution in [0.2, 0.25) is 0 Å². The number of rotatable bonds is 4. The van der Waals surface area contributed by atoms with E-state index in [-0.39, 0.29) is 6.42 Å². The smallest absolute Gasteiger partial charge is 0.390 e. The number of aliphatic hydroxyl groups excluding tert-OH is 1. The van der Waals surface area contributed by atoms with E-state index in [0.29, 0.717) is 0 Å². The Labute approximate surface area is 113 Å². The molecule has 0 unspecified atom stereocenters. The van der Waals surface area contributed by atoms with Crippen LogP contribution in [0.25, 0.3) is 0 Å². The van der Waals surface area contributed by atoms with E-state index in [1.165, 1.54) is 0 Å². The molecule has 2 heterocycles. The Bertz CT molecular complexity index is 681. The Morgan fingerprint density at radius 2 is 2.30 bits per heavy atom. The first kappa shape index (κ1) is 13.7. The average Bonchev–Trinajstić information content (AvgIpc) is 2.72. The number of nitrogens with one attached hydrogen (secondary N) is 1. The lowest BCUT2D eigenvalue weighted by atomic mass is 10.2. The molecule has 0 amide bonds. The fraction of sp³-hybridized carbons (Fsp3) is 0.556. The molecule has 0 spiro atoms. The number of H-pyrrole nitrogens is 1. The molecule has 11 heteroatoms. The van der Waals surface area contributed by atoms with Crippen LogP contribution >= 0.6 is 7.82 Å². The third-order valence-electron chi connectivity index (χ3n) is 2.71. The van der Waals surface area contributed by atoms with Crippen molar-refractivity contribution in [2.24, 2.45) is 0 Å². The number of hydrogen-bond donors (Lipinski definition) is 4. The minimum absolute atomic E-state index is 0.0550. The van der Waals surface area contributed by atoms with Gasteiger partial charge in [-0.15, -0.1) is 0 Å². The Morgan fingerprint density at radius 3 is 2.95 bits per heavy atom. The molecule has 0 radical (unpaired) electrons. The summed E-state index contributed by atoms with van der Waals surface area (Å²) in [7, 11) is -4.70. The number of aromatic nitrogens is 2. The van der Waals surface area contributed by atoms with Crippen LogP contribution in [-0.4, -0.2) is 43.3 Å². The number of aromatic amines is 1. The van der Waals surface area contributed by atoms with Gasteiger partial charge in [-0.3, -0.25) is 18.9 Å². The summed E-state index contributed by atoms with van der Waals surface area (Å²) in [5, 5.41) is 9.74. The number of phosphoric ester groups is 1. The van der Waals surface area contributed by atoms with Crippen molar-refractivity contribution in [2.75, 3.05) is 6.61 Å². The summed E-state index contributed by atoms with van der Waals surface area (Å²) >= 11 is 0. The highest BCUT2D eigenvalue weighted by atomic mass is 31.2. The van der Waals surface area contributed by atoms with Crippen LogP contribution < -0.4 is 11.2 Å². The van der Waals surface area contributed by atoms with Crippen LogP contribution in [0.15, 0.2) is 21.8 Å². The van der Waals surface area contributed by atoms with Crippen LogP contribution in [0.4, 0.5) is 0 Å². The molecule has 0 aliphatic carbocycles. The Kier molecular flexibility index (Phi) is 3.83. The SMILES string of the molecule is [3H]c1cn([C@H]2C[C@H](O)[C@@H](COP(=O)(O)O)O2)c(=O)[nH]c1=O. The van der Waals surface area contributed by atoms with E-state index < -0.39 is 50.2 Å². The molecular weight excluding hydrogens is 295 g/mol. The maximum absolute atomic E-state index is 11.6. The van der Waals surface area contributed by atoms with Gasteiger partial charge in [0.05, 0.1) is 14.1 Å². The second-order valence-corrected chi connectivity index (χ2v) is 5.40. The van der Waals surface area contributed by atoms with Gasteiger partial charge < -0.3 is 19.6 Å². The second kappa shape index (κ2) is 5.60. The first-order valence-electron chi connectivity index (χ1n) is 6.03. The summed E-state index contributed by atoms with van der Waals surface area (Å²) in [6, 6.07) is -0.456. The number of hydrogen-bond acceptors (Lipinski definition) is 6. The zero-order valence-corrected chi connectivity index (χ0v) is 10.9. The van der Waals surface area contributed by atoms with Crippen LogP contribution in [-0.2, 0) is 13.8 Å². The van der Waals surface area contributed by atoms with E-state index in [2.05, 4.69) is 4.52 Å². The van der Waals surface area contributed by atoms with Crippen molar-refractivity contribution in [3.05, 3.63) is 33.1 Å². The average molecular weight is 310 g/mol. The summed E-state index contributed by atoms with van der Waals surface area (Å²) < 4.78 is 28.4. The predicted molar refractivity (Wildman–Crippen MR) is 63.9 cm³/mol. The van der Waals surface area contributed by atoms with Crippen molar-refractivity contribution in [3.63, 3.8) is 0 Å². The molecule has 112 valence electrons. The summed E-state index contributed by atoms with van der Waals surface area (Å²) in [6.07, 6.45) is -2.23. The van der Waals surface area contributed by atoms with Crippen molar-refractivity contribution in [2.45, 2.75) is 24.9 Å². The summed E-state index contributed by atoms with van der Waals surface area (Å²) in [5.41, 5.74) is -1.67. The molecule has 0 saturated carbocycles. The van der Waals surface area contributed by atoms with Gasteiger partial charge in [-0.2, -0.15) is 0 Å². The van der Waals surface area contributed by atoms with E-state index in [0.717, 1.165) is 10.8 Å². The first-order valence-corrected chi connectivity index (χ1v) is 7.06. The van der Waals surface area contributed by atoms with Crippen molar-refractivity contribution >= 4 is 7.82 Å². The molecule has 1 aromatic heterocycles. The van der Waals surface area contributed by atoms with Gasteiger partial charge in [0.1, 0.15) is 12.3 Å². The first-order chi connectivity index (χ1) is 9.67. The highest BCUT2D eigenvalue weighted by Gasteiger charge is 2.36. The standard InChI is InChI=1S/C9H13N2O8P/c12-5-3-8(11-2-1-7(13)10-9(11)14)19-6(5)4-18-20(15,16)17/h1-2,5-6,8,12H,3-4H2,(H,10,13,14)(H2,15,16,17)/t5-,6+,8+/m0/s1/i1T. The van der Waals surface area contributed by atoms with Crippen molar-refractivity contribution < 1.29 is 30.1 Å². The Hall–Kier alpha value is -1.29. The quantitative estimate of drug-likeness (QED) is 0.480. The molecule has 1 aliphatic heterocycles. The highest BCUT2D eigenvalue weighted by molar-refractivity contribution is 7.46. The number of ether oxygens (including phenoxy) is 1. The molecule has 0 bridgehead atoms. The van der Waals surface area contributed by atoms with Gasteiger partial charge in [0.25, 0.3) is 5.56 Å². The highest BCUT2D eigenvalue weighted by Crippen LogP contribution is 2.37. The molecule has 1 fully saturated rings. The Morgan fingerprint density at radius 1 is 1.60 bits per heavy atom. The molecule has 4 N–H and O–H groups in total. The lowest BCUT2D eigenvalue weighted by Crippen LogP contribution is -2.31. The summed E-state index contributed by atoms with van der Waals surface area (Å²) in [6.45, 7) is -0.562. The van der Waals surface area contributed by atoms with Crippen LogP contribution in [0, 0.1) is 0 Å². The predicted octanol–water partition coefficient (Wildman–Crippen LogP) is -1.71.